The van der Waals surface area contributed by atoms with Gasteiger partial charge in [0.1, 0.15) is 12.0 Å². The Kier molecular flexibility index (Phi) is 5.95. The van der Waals surface area contributed by atoms with Crippen molar-refractivity contribution in [2.24, 2.45) is 7.05 Å². The number of hydrogen-bond acceptors (Lipinski definition) is 5. The number of aromatic nitrogens is 6. The minimum absolute atomic E-state index is 0.0727. The Morgan fingerprint density at radius 3 is 2.84 bits per heavy atom. The third-order valence-electron chi connectivity index (χ3n) is 6.23. The van der Waals surface area contributed by atoms with Crippen LogP contribution in [-0.2, 0) is 37.8 Å². The van der Waals surface area contributed by atoms with Gasteiger partial charge in [-0.05, 0) is 33.3 Å². The predicted molar refractivity (Wildman–Crippen MR) is 117 cm³/mol. The first-order chi connectivity index (χ1) is 15.0. The fraction of sp³-hybridized carbons (Fsp3) is 0.545. The second kappa shape index (κ2) is 8.66. The molecular formula is C22H31N7O2. The van der Waals surface area contributed by atoms with E-state index in [-0.39, 0.29) is 5.91 Å². The quantitative estimate of drug-likeness (QED) is 0.543. The summed E-state index contributed by atoms with van der Waals surface area (Å²) in [6.07, 6.45) is 3.42. The van der Waals surface area contributed by atoms with E-state index in [2.05, 4.69) is 28.6 Å². The molecular weight excluding hydrogens is 394 g/mol. The van der Waals surface area contributed by atoms with Gasteiger partial charge < -0.3 is 18.8 Å². The maximum absolute atomic E-state index is 13.5. The van der Waals surface area contributed by atoms with Crippen LogP contribution in [0.1, 0.15) is 46.3 Å². The van der Waals surface area contributed by atoms with Crippen LogP contribution in [-0.4, -0.2) is 60.2 Å². The standard InChI is InChI=1S/C22H31N7O2/c1-6-27-14-23-24-21(27)20-18-13-28(10-8-19(18)26(4)25-20)22(30)17-12-15(2)29(16(17)3)9-7-11-31-5/h12,14H,6-11,13H2,1-5H3. The van der Waals surface area contributed by atoms with Gasteiger partial charge in [0.15, 0.2) is 5.82 Å². The molecule has 0 saturated heterocycles. The van der Waals surface area contributed by atoms with Crippen LogP contribution in [0.15, 0.2) is 12.4 Å². The smallest absolute Gasteiger partial charge is 0.255 e. The van der Waals surface area contributed by atoms with Gasteiger partial charge in [-0.25, -0.2) is 0 Å². The van der Waals surface area contributed by atoms with E-state index in [0.717, 1.165) is 65.7 Å². The van der Waals surface area contributed by atoms with E-state index in [1.165, 1.54) is 0 Å². The highest BCUT2D eigenvalue weighted by molar-refractivity contribution is 5.96. The molecule has 0 spiro atoms. The van der Waals surface area contributed by atoms with Crippen molar-refractivity contribution in [1.29, 1.82) is 0 Å². The van der Waals surface area contributed by atoms with Gasteiger partial charge >= 0.3 is 0 Å². The normalized spacial score (nSPS) is 13.6. The van der Waals surface area contributed by atoms with Crippen LogP contribution in [0.2, 0.25) is 0 Å². The van der Waals surface area contributed by atoms with Crippen molar-refractivity contribution in [3.8, 4) is 11.5 Å². The van der Waals surface area contributed by atoms with Crippen LogP contribution in [0.5, 0.6) is 0 Å². The van der Waals surface area contributed by atoms with Gasteiger partial charge in [0.25, 0.3) is 5.91 Å². The van der Waals surface area contributed by atoms with E-state index in [1.807, 2.05) is 34.2 Å². The van der Waals surface area contributed by atoms with E-state index in [1.54, 1.807) is 13.4 Å². The average Bonchev–Trinajstić information content (AvgIpc) is 3.44. The van der Waals surface area contributed by atoms with Crippen LogP contribution in [0.25, 0.3) is 11.5 Å². The van der Waals surface area contributed by atoms with Crippen LogP contribution in [0.4, 0.5) is 0 Å². The minimum atomic E-state index is 0.0727. The number of amides is 1. The van der Waals surface area contributed by atoms with Crippen molar-refractivity contribution in [2.45, 2.75) is 53.2 Å². The lowest BCUT2D eigenvalue weighted by atomic mass is 10.0. The Hall–Kier alpha value is -2.94. The summed E-state index contributed by atoms with van der Waals surface area (Å²) < 4.78 is 11.3. The van der Waals surface area contributed by atoms with Crippen LogP contribution >= 0.6 is 0 Å². The number of aryl methyl sites for hydroxylation is 3. The number of methoxy groups -OCH3 is 1. The largest absolute Gasteiger partial charge is 0.385 e. The van der Waals surface area contributed by atoms with E-state index < -0.39 is 0 Å². The molecule has 31 heavy (non-hydrogen) atoms. The molecule has 0 atom stereocenters. The number of carbonyl (C=O) groups excluding carboxylic acids is 1. The fourth-order valence-corrected chi connectivity index (χ4v) is 4.51. The highest BCUT2D eigenvalue weighted by Crippen LogP contribution is 2.30. The summed E-state index contributed by atoms with van der Waals surface area (Å²) in [5, 5.41) is 13.1. The molecule has 3 aromatic heterocycles. The first kappa shape index (κ1) is 21.3. The lowest BCUT2D eigenvalue weighted by molar-refractivity contribution is 0.0732. The van der Waals surface area contributed by atoms with Gasteiger partial charge in [-0.1, -0.05) is 0 Å². The van der Waals surface area contributed by atoms with Gasteiger partial charge in [-0.3, -0.25) is 9.48 Å². The molecule has 3 aromatic rings. The molecule has 0 aliphatic carbocycles. The van der Waals surface area contributed by atoms with Gasteiger partial charge in [-0.2, -0.15) is 5.10 Å². The molecule has 4 heterocycles. The van der Waals surface area contributed by atoms with Crippen LogP contribution < -0.4 is 0 Å². The van der Waals surface area contributed by atoms with Crippen LogP contribution in [0, 0.1) is 13.8 Å². The first-order valence-corrected chi connectivity index (χ1v) is 10.8. The molecule has 4 rings (SSSR count). The number of fused-ring (bicyclic) bond motifs is 1. The number of nitrogens with zero attached hydrogens (tertiary/aromatic N) is 7. The van der Waals surface area contributed by atoms with Crippen molar-refractivity contribution in [1.82, 2.24) is 34.0 Å². The lowest BCUT2D eigenvalue weighted by Gasteiger charge is -2.27. The van der Waals surface area contributed by atoms with Crippen molar-refractivity contribution < 1.29 is 9.53 Å². The summed E-state index contributed by atoms with van der Waals surface area (Å²) >= 11 is 0. The third kappa shape index (κ3) is 3.78. The number of carbonyl (C=O) groups is 1. The highest BCUT2D eigenvalue weighted by Gasteiger charge is 2.30. The van der Waals surface area contributed by atoms with Crippen LogP contribution in [0.3, 0.4) is 0 Å². The molecule has 9 nitrogen and oxygen atoms in total. The minimum Gasteiger partial charge on any atom is -0.385 e. The molecule has 0 fully saturated rings. The SMILES string of the molecule is CCn1cnnc1-c1nn(C)c2c1CN(C(=O)c1cc(C)n(CCCOC)c1C)CC2. The molecule has 0 N–H and O–H groups in total. The summed E-state index contributed by atoms with van der Waals surface area (Å²) in [5.41, 5.74) is 5.95. The predicted octanol–water partition coefficient (Wildman–Crippen LogP) is 2.35. The third-order valence-corrected chi connectivity index (χ3v) is 6.23. The van der Waals surface area contributed by atoms with E-state index in [4.69, 9.17) is 9.84 Å². The lowest BCUT2D eigenvalue weighted by Crippen LogP contribution is -2.36. The van der Waals surface area contributed by atoms with Gasteiger partial charge in [0.05, 0.1) is 12.1 Å². The van der Waals surface area contributed by atoms with E-state index in [0.29, 0.717) is 19.7 Å². The maximum Gasteiger partial charge on any atom is 0.255 e. The Bertz CT molecular complexity index is 1090. The second-order valence-corrected chi connectivity index (χ2v) is 8.10. The molecule has 1 aliphatic rings. The molecule has 0 aromatic carbocycles. The molecule has 1 aliphatic heterocycles. The first-order valence-electron chi connectivity index (χ1n) is 10.8. The summed E-state index contributed by atoms with van der Waals surface area (Å²) in [4.78, 5) is 15.4. The topological polar surface area (TPSA) is 83.0 Å². The monoisotopic (exact) mass is 425 g/mol. The summed E-state index contributed by atoms with van der Waals surface area (Å²) in [6.45, 7) is 9.68. The number of rotatable bonds is 7. The van der Waals surface area contributed by atoms with E-state index in [9.17, 15) is 4.79 Å². The maximum atomic E-state index is 13.5. The van der Waals surface area contributed by atoms with Gasteiger partial charge in [0, 0.05) is 69.5 Å². The summed E-state index contributed by atoms with van der Waals surface area (Å²) in [7, 11) is 3.67. The van der Waals surface area contributed by atoms with Crippen molar-refractivity contribution >= 4 is 5.91 Å². The zero-order valence-electron chi connectivity index (χ0n) is 19.1. The molecule has 1 amide bonds. The second-order valence-electron chi connectivity index (χ2n) is 8.10. The molecule has 0 saturated carbocycles. The molecule has 0 radical (unpaired) electrons. The summed E-state index contributed by atoms with van der Waals surface area (Å²) in [5.74, 6) is 0.827. The van der Waals surface area contributed by atoms with Gasteiger partial charge in [-0.15, -0.1) is 10.2 Å². The molecule has 9 heteroatoms. The van der Waals surface area contributed by atoms with Gasteiger partial charge in [0.2, 0.25) is 0 Å². The zero-order valence-corrected chi connectivity index (χ0v) is 19.1. The van der Waals surface area contributed by atoms with Crippen molar-refractivity contribution in [3.05, 3.63) is 40.6 Å². The zero-order chi connectivity index (χ0) is 22.1. The molecule has 166 valence electrons. The molecule has 0 unspecified atom stereocenters. The average molecular weight is 426 g/mol. The van der Waals surface area contributed by atoms with Crippen molar-refractivity contribution in [2.75, 3.05) is 20.3 Å². The Labute approximate surface area is 182 Å². The van der Waals surface area contributed by atoms with Crippen molar-refractivity contribution in [3.63, 3.8) is 0 Å². The molecule has 0 bridgehead atoms. The highest BCUT2D eigenvalue weighted by atomic mass is 16.5. The Morgan fingerprint density at radius 2 is 2.10 bits per heavy atom. The summed E-state index contributed by atoms with van der Waals surface area (Å²) in [6, 6.07) is 2.01. The number of hydrogen-bond donors (Lipinski definition) is 0. The fourth-order valence-electron chi connectivity index (χ4n) is 4.51. The Morgan fingerprint density at radius 1 is 1.29 bits per heavy atom. The number of ether oxygens (including phenoxy) is 1. The Balaban J connectivity index is 1.61. The van der Waals surface area contributed by atoms with E-state index >= 15 is 0 Å².